The zero-order valence-corrected chi connectivity index (χ0v) is 9.98. The molecule has 0 N–H and O–H groups in total. The Labute approximate surface area is 103 Å². The molecule has 2 heterocycles. The lowest BCUT2D eigenvalue weighted by Crippen LogP contribution is -2.30. The SMILES string of the molecule is [O-][n+]1onc2cc(Cl)c(N3CCCCC3)cc21. The number of piperidine rings is 1. The van der Waals surface area contributed by atoms with Gasteiger partial charge in [-0.1, -0.05) is 11.6 Å². The molecule has 3 rings (SSSR count). The van der Waals surface area contributed by atoms with E-state index in [-0.39, 0.29) is 0 Å². The molecule has 0 amide bonds. The topological polar surface area (TPSA) is 56.2 Å². The molecule has 0 radical (unpaired) electrons. The van der Waals surface area contributed by atoms with Gasteiger partial charge in [-0.05, 0) is 24.2 Å². The van der Waals surface area contributed by atoms with Crippen LogP contribution in [0.25, 0.3) is 11.0 Å². The number of hydrogen-bond donors (Lipinski definition) is 0. The van der Waals surface area contributed by atoms with Crippen LogP contribution in [0.3, 0.4) is 0 Å². The number of halogens is 1. The van der Waals surface area contributed by atoms with Crippen LogP contribution >= 0.6 is 11.6 Å². The number of fused-ring (bicyclic) bond motifs is 1. The Morgan fingerprint density at radius 1 is 1.29 bits per heavy atom. The third kappa shape index (κ3) is 1.80. The second kappa shape index (κ2) is 4.07. The first kappa shape index (κ1) is 10.7. The lowest BCUT2D eigenvalue weighted by atomic mass is 10.1. The summed E-state index contributed by atoms with van der Waals surface area (Å²) in [5.41, 5.74) is 1.81. The Morgan fingerprint density at radius 3 is 2.82 bits per heavy atom. The van der Waals surface area contributed by atoms with Crippen molar-refractivity contribution in [2.75, 3.05) is 18.0 Å². The fourth-order valence-corrected chi connectivity index (χ4v) is 2.54. The minimum absolute atomic E-state index is 0.416. The zero-order chi connectivity index (χ0) is 11.8. The molecule has 0 aliphatic carbocycles. The summed E-state index contributed by atoms with van der Waals surface area (Å²) in [6.45, 7) is 1.96. The Bertz CT molecular complexity index is 549. The Balaban J connectivity index is 2.07. The van der Waals surface area contributed by atoms with Crippen LogP contribution in [-0.2, 0) is 0 Å². The maximum atomic E-state index is 11.4. The molecule has 1 fully saturated rings. The van der Waals surface area contributed by atoms with Gasteiger partial charge in [0.1, 0.15) is 0 Å². The third-order valence-corrected chi connectivity index (χ3v) is 3.45. The van der Waals surface area contributed by atoms with Crippen molar-refractivity contribution in [1.29, 1.82) is 0 Å². The number of rotatable bonds is 1. The number of hydrogen-bond acceptors (Lipinski definition) is 4. The summed E-state index contributed by atoms with van der Waals surface area (Å²) in [7, 11) is 0. The molecule has 6 heteroatoms. The van der Waals surface area contributed by atoms with Crippen molar-refractivity contribution in [3.05, 3.63) is 22.4 Å². The zero-order valence-electron chi connectivity index (χ0n) is 9.23. The predicted octanol–water partition coefficient (Wildman–Crippen LogP) is 2.10. The fraction of sp³-hybridized carbons (Fsp3) is 0.455. The van der Waals surface area contributed by atoms with E-state index in [2.05, 4.69) is 14.7 Å². The van der Waals surface area contributed by atoms with Crippen molar-refractivity contribution < 1.29 is 9.53 Å². The second-order valence-corrected chi connectivity index (χ2v) is 4.68. The molecule has 0 atom stereocenters. The van der Waals surface area contributed by atoms with Gasteiger partial charge in [-0.15, -0.1) is 0 Å². The van der Waals surface area contributed by atoms with E-state index < -0.39 is 0 Å². The van der Waals surface area contributed by atoms with E-state index in [0.717, 1.165) is 31.6 Å². The van der Waals surface area contributed by atoms with Crippen molar-refractivity contribution in [3.8, 4) is 0 Å². The molecular formula is C11H12ClN3O2. The summed E-state index contributed by atoms with van der Waals surface area (Å²) in [4.78, 5) is 2.62. The van der Waals surface area contributed by atoms with Crippen LogP contribution in [0.1, 0.15) is 19.3 Å². The van der Waals surface area contributed by atoms with E-state index in [4.69, 9.17) is 11.6 Å². The van der Waals surface area contributed by atoms with E-state index >= 15 is 0 Å². The molecule has 5 nitrogen and oxygen atoms in total. The molecule has 1 aliphatic heterocycles. The summed E-state index contributed by atoms with van der Waals surface area (Å²) < 4.78 is 4.55. The first-order chi connectivity index (χ1) is 8.25. The summed E-state index contributed by atoms with van der Waals surface area (Å²) in [5.74, 6) is 0. The smallest absolute Gasteiger partial charge is 0.250 e. The van der Waals surface area contributed by atoms with Crippen molar-refractivity contribution in [3.63, 3.8) is 0 Å². The van der Waals surface area contributed by atoms with E-state index in [1.54, 1.807) is 12.1 Å². The Morgan fingerprint density at radius 2 is 2.06 bits per heavy atom. The average Bonchev–Trinajstić information content (AvgIpc) is 2.70. The number of benzene rings is 1. The van der Waals surface area contributed by atoms with Gasteiger partial charge < -0.3 is 10.1 Å². The highest BCUT2D eigenvalue weighted by atomic mass is 35.5. The van der Waals surface area contributed by atoms with E-state index in [0.29, 0.717) is 21.0 Å². The molecule has 0 spiro atoms. The molecule has 17 heavy (non-hydrogen) atoms. The third-order valence-electron chi connectivity index (χ3n) is 3.15. The highest BCUT2D eigenvalue weighted by Gasteiger charge is 2.19. The lowest BCUT2D eigenvalue weighted by Gasteiger charge is -2.29. The van der Waals surface area contributed by atoms with Crippen LogP contribution in [0.4, 0.5) is 5.69 Å². The van der Waals surface area contributed by atoms with E-state index in [1.807, 2.05) is 0 Å². The van der Waals surface area contributed by atoms with Gasteiger partial charge in [0.15, 0.2) is 0 Å². The first-order valence-corrected chi connectivity index (χ1v) is 6.07. The highest BCUT2D eigenvalue weighted by molar-refractivity contribution is 6.34. The van der Waals surface area contributed by atoms with Crippen molar-refractivity contribution in [2.24, 2.45) is 0 Å². The maximum Gasteiger partial charge on any atom is 0.250 e. The molecule has 90 valence electrons. The van der Waals surface area contributed by atoms with Crippen LogP contribution in [-0.4, -0.2) is 18.2 Å². The standard InChI is InChI=1S/C11H12ClN3O2/c12-8-6-9-11(15(16)17-13-9)7-10(8)14-4-2-1-3-5-14/h6-7H,1-5H2. The number of nitrogens with zero attached hydrogens (tertiary/aromatic N) is 3. The molecule has 1 aliphatic rings. The van der Waals surface area contributed by atoms with E-state index in [9.17, 15) is 5.21 Å². The number of anilines is 1. The minimum atomic E-state index is 0.416. The average molecular weight is 254 g/mol. The van der Waals surface area contributed by atoms with Gasteiger partial charge in [0, 0.05) is 30.4 Å². The molecule has 0 saturated carbocycles. The predicted molar refractivity (Wildman–Crippen MR) is 64.0 cm³/mol. The van der Waals surface area contributed by atoms with Gasteiger partial charge in [0.05, 0.1) is 10.7 Å². The van der Waals surface area contributed by atoms with E-state index in [1.165, 1.54) is 6.42 Å². The normalized spacial score (nSPS) is 16.6. The summed E-state index contributed by atoms with van der Waals surface area (Å²) in [5, 5.41) is 15.6. The van der Waals surface area contributed by atoms with Crippen LogP contribution < -0.4 is 9.80 Å². The lowest BCUT2D eigenvalue weighted by molar-refractivity contribution is -0.782. The fourth-order valence-electron chi connectivity index (χ4n) is 2.26. The maximum absolute atomic E-state index is 11.4. The van der Waals surface area contributed by atoms with Gasteiger partial charge in [0.2, 0.25) is 11.0 Å². The molecule has 1 saturated heterocycles. The van der Waals surface area contributed by atoms with Gasteiger partial charge in [0.25, 0.3) is 0 Å². The molecule has 2 aromatic rings. The molecule has 0 bridgehead atoms. The molecule has 1 aromatic carbocycles. The highest BCUT2D eigenvalue weighted by Crippen LogP contribution is 2.31. The Kier molecular flexibility index (Phi) is 2.55. The van der Waals surface area contributed by atoms with Crippen LogP contribution in [0, 0.1) is 5.21 Å². The second-order valence-electron chi connectivity index (χ2n) is 4.27. The molecule has 0 unspecified atom stereocenters. The quantitative estimate of drug-likeness (QED) is 0.731. The van der Waals surface area contributed by atoms with Crippen LogP contribution in [0.15, 0.2) is 16.8 Å². The van der Waals surface area contributed by atoms with Gasteiger partial charge >= 0.3 is 0 Å². The first-order valence-electron chi connectivity index (χ1n) is 5.69. The monoisotopic (exact) mass is 253 g/mol. The van der Waals surface area contributed by atoms with Gasteiger partial charge in [-0.25, -0.2) is 0 Å². The van der Waals surface area contributed by atoms with Gasteiger partial charge in [-0.3, -0.25) is 4.63 Å². The van der Waals surface area contributed by atoms with Crippen LogP contribution in [0.2, 0.25) is 5.02 Å². The summed E-state index contributed by atoms with van der Waals surface area (Å²) in [6.07, 6.45) is 3.58. The van der Waals surface area contributed by atoms with Crippen LogP contribution in [0.5, 0.6) is 0 Å². The minimum Gasteiger partial charge on any atom is -0.370 e. The molecule has 1 aromatic heterocycles. The molecular weight excluding hydrogens is 242 g/mol. The summed E-state index contributed by atoms with van der Waals surface area (Å²) in [6, 6.07) is 3.44. The number of aromatic nitrogens is 2. The Hall–Kier alpha value is -1.49. The largest absolute Gasteiger partial charge is 0.370 e. The van der Waals surface area contributed by atoms with Crippen molar-refractivity contribution in [2.45, 2.75) is 19.3 Å². The van der Waals surface area contributed by atoms with Crippen molar-refractivity contribution in [1.82, 2.24) is 5.16 Å². The van der Waals surface area contributed by atoms with Gasteiger partial charge in [-0.2, -0.15) is 0 Å². The van der Waals surface area contributed by atoms with Crippen molar-refractivity contribution >= 4 is 28.3 Å². The summed E-state index contributed by atoms with van der Waals surface area (Å²) >= 11 is 6.21.